The Labute approximate surface area is 124 Å². The maximum absolute atomic E-state index is 4.69. The lowest BCUT2D eigenvalue weighted by Gasteiger charge is -2.12. The van der Waals surface area contributed by atoms with Gasteiger partial charge >= 0.3 is 0 Å². The van der Waals surface area contributed by atoms with Crippen LogP contribution in [0.1, 0.15) is 21.6 Å². The zero-order valence-corrected chi connectivity index (χ0v) is 12.7. The number of aromatic nitrogens is 2. The van der Waals surface area contributed by atoms with Gasteiger partial charge in [-0.25, -0.2) is 4.98 Å². The standard InChI is InChI=1S/C15H13BrN2S/c16-14-11(7-10-3-1-2-4-13(10)14)8-12-9-18-5-6-19-15(18)17-12/h1-6,9,11,14H,7-8H2. The number of benzene rings is 1. The van der Waals surface area contributed by atoms with Crippen LogP contribution in [0.4, 0.5) is 0 Å². The second-order valence-corrected chi connectivity index (χ2v) is 6.95. The van der Waals surface area contributed by atoms with Crippen molar-refractivity contribution in [1.82, 2.24) is 9.38 Å². The molecule has 2 aromatic heterocycles. The minimum atomic E-state index is 0.462. The van der Waals surface area contributed by atoms with Gasteiger partial charge in [-0.3, -0.25) is 4.40 Å². The number of halogens is 1. The molecule has 0 radical (unpaired) electrons. The highest BCUT2D eigenvalue weighted by molar-refractivity contribution is 9.09. The first-order chi connectivity index (χ1) is 9.31. The molecule has 0 spiro atoms. The van der Waals surface area contributed by atoms with Crippen LogP contribution in [0.25, 0.3) is 4.96 Å². The molecule has 2 atom stereocenters. The average Bonchev–Trinajstić information content (AvgIpc) is 3.05. The van der Waals surface area contributed by atoms with Crippen LogP contribution >= 0.6 is 27.3 Å². The molecule has 0 amide bonds. The summed E-state index contributed by atoms with van der Waals surface area (Å²) in [6, 6.07) is 8.74. The van der Waals surface area contributed by atoms with Gasteiger partial charge in [0.25, 0.3) is 0 Å². The molecule has 0 saturated heterocycles. The van der Waals surface area contributed by atoms with Gasteiger partial charge in [0.1, 0.15) is 0 Å². The van der Waals surface area contributed by atoms with Crippen molar-refractivity contribution in [2.45, 2.75) is 17.7 Å². The Morgan fingerprint density at radius 3 is 3.11 bits per heavy atom. The fourth-order valence-corrected chi connectivity index (χ4v) is 4.49. The van der Waals surface area contributed by atoms with Gasteiger partial charge in [-0.15, -0.1) is 11.3 Å². The van der Waals surface area contributed by atoms with E-state index in [1.807, 2.05) is 0 Å². The van der Waals surface area contributed by atoms with Crippen molar-refractivity contribution in [2.75, 3.05) is 0 Å². The Bertz CT molecular complexity index is 702. The van der Waals surface area contributed by atoms with Crippen LogP contribution in [0, 0.1) is 5.92 Å². The minimum Gasteiger partial charge on any atom is -0.297 e. The van der Waals surface area contributed by atoms with Crippen LogP contribution in [0.15, 0.2) is 42.0 Å². The maximum atomic E-state index is 4.69. The number of fused-ring (bicyclic) bond motifs is 2. The zero-order valence-electron chi connectivity index (χ0n) is 10.3. The third kappa shape index (κ3) is 1.94. The second-order valence-electron chi connectivity index (χ2n) is 5.09. The maximum Gasteiger partial charge on any atom is 0.193 e. The molecule has 1 aliphatic rings. The van der Waals surface area contributed by atoms with Gasteiger partial charge in [0.15, 0.2) is 4.96 Å². The molecule has 1 aliphatic carbocycles. The largest absolute Gasteiger partial charge is 0.297 e. The SMILES string of the molecule is BrC1c2ccccc2CC1Cc1cn2ccsc2n1. The van der Waals surface area contributed by atoms with E-state index in [0.29, 0.717) is 10.7 Å². The van der Waals surface area contributed by atoms with Gasteiger partial charge < -0.3 is 0 Å². The summed E-state index contributed by atoms with van der Waals surface area (Å²) in [5.74, 6) is 0.613. The molecule has 3 aromatic rings. The van der Waals surface area contributed by atoms with E-state index in [1.165, 1.54) is 16.8 Å². The molecule has 2 nitrogen and oxygen atoms in total. The van der Waals surface area contributed by atoms with Gasteiger partial charge in [0.05, 0.1) is 5.69 Å². The molecular weight excluding hydrogens is 320 g/mol. The molecular formula is C15H13BrN2S. The average molecular weight is 333 g/mol. The number of hydrogen-bond acceptors (Lipinski definition) is 2. The highest BCUT2D eigenvalue weighted by atomic mass is 79.9. The van der Waals surface area contributed by atoms with Crippen molar-refractivity contribution >= 4 is 32.2 Å². The third-order valence-electron chi connectivity index (χ3n) is 3.86. The molecule has 4 heteroatoms. The summed E-state index contributed by atoms with van der Waals surface area (Å²) in [7, 11) is 0. The molecule has 0 bridgehead atoms. The van der Waals surface area contributed by atoms with Crippen molar-refractivity contribution in [1.29, 1.82) is 0 Å². The lowest BCUT2D eigenvalue weighted by molar-refractivity contribution is 0.549. The molecule has 2 unspecified atom stereocenters. The van der Waals surface area contributed by atoms with E-state index >= 15 is 0 Å². The lowest BCUT2D eigenvalue weighted by Crippen LogP contribution is -2.06. The van der Waals surface area contributed by atoms with Gasteiger partial charge in [-0.05, 0) is 29.9 Å². The molecule has 2 heterocycles. The summed E-state index contributed by atoms with van der Waals surface area (Å²) in [6.45, 7) is 0. The van der Waals surface area contributed by atoms with Crippen molar-refractivity contribution in [3.8, 4) is 0 Å². The van der Waals surface area contributed by atoms with Crippen molar-refractivity contribution in [2.24, 2.45) is 5.92 Å². The quantitative estimate of drug-likeness (QED) is 0.641. The highest BCUT2D eigenvalue weighted by Crippen LogP contribution is 2.43. The molecule has 1 aromatic carbocycles. The molecule has 0 aliphatic heterocycles. The van der Waals surface area contributed by atoms with E-state index in [2.05, 4.69) is 62.4 Å². The summed E-state index contributed by atoms with van der Waals surface area (Å²) in [5.41, 5.74) is 4.14. The first-order valence-electron chi connectivity index (χ1n) is 6.44. The van der Waals surface area contributed by atoms with E-state index in [9.17, 15) is 0 Å². The molecule has 0 fully saturated rings. The molecule has 0 N–H and O–H groups in total. The molecule has 96 valence electrons. The van der Waals surface area contributed by atoms with Crippen LogP contribution in [0.3, 0.4) is 0 Å². The number of rotatable bonds is 2. The number of alkyl halides is 1. The second kappa shape index (κ2) is 4.46. The van der Waals surface area contributed by atoms with E-state index in [1.54, 1.807) is 11.3 Å². The summed E-state index contributed by atoms with van der Waals surface area (Å²) in [5, 5.41) is 2.07. The Kier molecular flexibility index (Phi) is 2.74. The normalized spacial score (nSPS) is 21.9. The van der Waals surface area contributed by atoms with Crippen LogP contribution in [-0.2, 0) is 12.8 Å². The summed E-state index contributed by atoms with van der Waals surface area (Å²) >= 11 is 5.56. The topological polar surface area (TPSA) is 17.3 Å². The first-order valence-corrected chi connectivity index (χ1v) is 8.24. The summed E-state index contributed by atoms with van der Waals surface area (Å²) in [6.07, 6.45) is 6.43. The monoisotopic (exact) mass is 332 g/mol. The predicted molar refractivity (Wildman–Crippen MR) is 82.1 cm³/mol. The van der Waals surface area contributed by atoms with Crippen LogP contribution in [-0.4, -0.2) is 9.38 Å². The molecule has 0 saturated carbocycles. The Morgan fingerprint density at radius 2 is 2.26 bits per heavy atom. The van der Waals surface area contributed by atoms with Gasteiger partial charge in [-0.1, -0.05) is 40.2 Å². The van der Waals surface area contributed by atoms with Gasteiger partial charge in [0.2, 0.25) is 0 Å². The Morgan fingerprint density at radius 1 is 1.37 bits per heavy atom. The number of imidazole rings is 1. The fourth-order valence-electron chi connectivity index (χ4n) is 2.95. The van der Waals surface area contributed by atoms with E-state index in [-0.39, 0.29) is 0 Å². The molecule has 4 rings (SSSR count). The number of hydrogen-bond donors (Lipinski definition) is 0. The first kappa shape index (κ1) is 11.7. The van der Waals surface area contributed by atoms with Crippen molar-refractivity contribution in [3.05, 3.63) is 58.9 Å². The van der Waals surface area contributed by atoms with Crippen molar-refractivity contribution < 1.29 is 0 Å². The predicted octanol–water partition coefficient (Wildman–Crippen LogP) is 4.25. The van der Waals surface area contributed by atoms with Crippen LogP contribution in [0.2, 0.25) is 0 Å². The minimum absolute atomic E-state index is 0.462. The van der Waals surface area contributed by atoms with E-state index < -0.39 is 0 Å². The fraction of sp³-hybridized carbons (Fsp3) is 0.267. The van der Waals surface area contributed by atoms with Crippen LogP contribution < -0.4 is 0 Å². The van der Waals surface area contributed by atoms with Gasteiger partial charge in [0, 0.05) is 22.6 Å². The zero-order chi connectivity index (χ0) is 12.8. The van der Waals surface area contributed by atoms with Gasteiger partial charge in [-0.2, -0.15) is 0 Å². The smallest absolute Gasteiger partial charge is 0.193 e. The Hall–Kier alpha value is -1.13. The summed E-state index contributed by atoms with van der Waals surface area (Å²) in [4.78, 5) is 6.25. The number of nitrogens with zero attached hydrogens (tertiary/aromatic N) is 2. The van der Waals surface area contributed by atoms with Crippen LogP contribution in [0.5, 0.6) is 0 Å². The van der Waals surface area contributed by atoms with E-state index in [0.717, 1.165) is 17.8 Å². The lowest BCUT2D eigenvalue weighted by atomic mass is 10.0. The van der Waals surface area contributed by atoms with E-state index in [4.69, 9.17) is 4.98 Å². The third-order valence-corrected chi connectivity index (χ3v) is 5.87. The van der Waals surface area contributed by atoms with Crippen molar-refractivity contribution in [3.63, 3.8) is 0 Å². The number of thiazole rings is 1. The summed E-state index contributed by atoms with van der Waals surface area (Å²) < 4.78 is 2.12. The Balaban J connectivity index is 1.60. The highest BCUT2D eigenvalue weighted by Gasteiger charge is 2.30. The molecule has 19 heavy (non-hydrogen) atoms.